The van der Waals surface area contributed by atoms with Crippen molar-refractivity contribution in [1.29, 1.82) is 0 Å². The first-order chi connectivity index (χ1) is 9.02. The summed E-state index contributed by atoms with van der Waals surface area (Å²) in [7, 11) is 4.23. The Labute approximate surface area is 114 Å². The maximum atomic E-state index is 5.80. The normalized spacial score (nSPS) is 24.0. The van der Waals surface area contributed by atoms with E-state index in [1.807, 2.05) is 0 Å². The summed E-state index contributed by atoms with van der Waals surface area (Å²) in [6.07, 6.45) is 0. The topological polar surface area (TPSA) is 71.4 Å². The maximum Gasteiger partial charge on any atom is 0.231 e. The molecular formula is C13H25N5O. The molecule has 2 heterocycles. The Kier molecular flexibility index (Phi) is 4.54. The molecule has 0 spiro atoms. The summed E-state index contributed by atoms with van der Waals surface area (Å²) in [5, 5.41) is 4.17. The van der Waals surface area contributed by atoms with E-state index in [0.717, 1.165) is 25.5 Å². The molecule has 6 nitrogen and oxygen atoms in total. The summed E-state index contributed by atoms with van der Waals surface area (Å²) in [6.45, 7) is 7.83. The van der Waals surface area contributed by atoms with Crippen LogP contribution in [0, 0.1) is 5.92 Å². The average Bonchev–Trinajstić information content (AvgIpc) is 2.82. The smallest absolute Gasteiger partial charge is 0.231 e. The molecule has 6 heteroatoms. The van der Waals surface area contributed by atoms with Gasteiger partial charge < -0.3 is 15.2 Å². The number of nitrogens with two attached hydrogens (primary N) is 1. The van der Waals surface area contributed by atoms with Gasteiger partial charge >= 0.3 is 0 Å². The Hall–Kier alpha value is -0.980. The molecule has 1 fully saturated rings. The zero-order valence-corrected chi connectivity index (χ0v) is 12.3. The SMILES string of the molecule is CC(C)C(CN)c1nc(C2CN(C)CCN2C)no1. The van der Waals surface area contributed by atoms with Crippen LogP contribution in [0.3, 0.4) is 0 Å². The zero-order valence-electron chi connectivity index (χ0n) is 12.3. The van der Waals surface area contributed by atoms with Gasteiger partial charge in [-0.15, -0.1) is 0 Å². The van der Waals surface area contributed by atoms with E-state index in [9.17, 15) is 0 Å². The molecule has 1 aromatic rings. The molecule has 2 unspecified atom stereocenters. The standard InChI is InChI=1S/C13H25N5O/c1-9(2)10(7-14)13-15-12(16-19-13)11-8-17(3)5-6-18(11)4/h9-11H,5-8,14H2,1-4H3. The minimum Gasteiger partial charge on any atom is -0.339 e. The highest BCUT2D eigenvalue weighted by Crippen LogP contribution is 2.25. The largest absolute Gasteiger partial charge is 0.339 e. The second kappa shape index (κ2) is 5.98. The lowest BCUT2D eigenvalue weighted by Gasteiger charge is -2.35. The van der Waals surface area contributed by atoms with Crippen molar-refractivity contribution in [2.24, 2.45) is 11.7 Å². The molecule has 0 amide bonds. The molecule has 19 heavy (non-hydrogen) atoms. The van der Waals surface area contributed by atoms with E-state index in [1.54, 1.807) is 0 Å². The molecule has 0 aliphatic carbocycles. The summed E-state index contributed by atoms with van der Waals surface area (Å²) in [5.74, 6) is 2.01. The van der Waals surface area contributed by atoms with Gasteiger partial charge in [-0.25, -0.2) is 0 Å². The van der Waals surface area contributed by atoms with Gasteiger partial charge in [0.25, 0.3) is 0 Å². The fraction of sp³-hybridized carbons (Fsp3) is 0.846. The van der Waals surface area contributed by atoms with E-state index in [0.29, 0.717) is 18.4 Å². The summed E-state index contributed by atoms with van der Waals surface area (Å²) in [5.41, 5.74) is 5.80. The van der Waals surface area contributed by atoms with E-state index in [2.05, 4.69) is 47.9 Å². The van der Waals surface area contributed by atoms with Crippen LogP contribution in [-0.4, -0.2) is 60.2 Å². The second-order valence-corrected chi connectivity index (χ2v) is 5.84. The second-order valence-electron chi connectivity index (χ2n) is 5.84. The van der Waals surface area contributed by atoms with Crippen molar-refractivity contribution in [3.8, 4) is 0 Å². The molecule has 0 aromatic carbocycles. The maximum absolute atomic E-state index is 5.80. The quantitative estimate of drug-likeness (QED) is 0.865. The highest BCUT2D eigenvalue weighted by Gasteiger charge is 2.29. The van der Waals surface area contributed by atoms with E-state index in [4.69, 9.17) is 10.3 Å². The van der Waals surface area contributed by atoms with Crippen molar-refractivity contribution in [2.45, 2.75) is 25.8 Å². The lowest BCUT2D eigenvalue weighted by molar-refractivity contribution is 0.108. The van der Waals surface area contributed by atoms with Gasteiger partial charge in [0.05, 0.1) is 12.0 Å². The third kappa shape index (κ3) is 3.13. The van der Waals surface area contributed by atoms with Crippen LogP contribution in [0.1, 0.15) is 37.5 Å². The van der Waals surface area contributed by atoms with Gasteiger partial charge in [0, 0.05) is 26.2 Å². The van der Waals surface area contributed by atoms with Crippen molar-refractivity contribution >= 4 is 0 Å². The van der Waals surface area contributed by atoms with Crippen molar-refractivity contribution in [2.75, 3.05) is 40.3 Å². The molecule has 0 saturated carbocycles. The molecular weight excluding hydrogens is 242 g/mol. The van der Waals surface area contributed by atoms with Gasteiger partial charge in [0.2, 0.25) is 5.89 Å². The fourth-order valence-electron chi connectivity index (χ4n) is 2.48. The van der Waals surface area contributed by atoms with Crippen molar-refractivity contribution in [3.63, 3.8) is 0 Å². The van der Waals surface area contributed by atoms with Crippen LogP contribution < -0.4 is 5.73 Å². The van der Waals surface area contributed by atoms with Crippen molar-refractivity contribution in [3.05, 3.63) is 11.7 Å². The molecule has 1 saturated heterocycles. The van der Waals surface area contributed by atoms with E-state index >= 15 is 0 Å². The van der Waals surface area contributed by atoms with Gasteiger partial charge in [-0.2, -0.15) is 4.98 Å². The van der Waals surface area contributed by atoms with Gasteiger partial charge in [0.15, 0.2) is 5.82 Å². The van der Waals surface area contributed by atoms with Crippen molar-refractivity contribution < 1.29 is 4.52 Å². The Morgan fingerprint density at radius 1 is 1.37 bits per heavy atom. The zero-order chi connectivity index (χ0) is 14.0. The predicted molar refractivity (Wildman–Crippen MR) is 73.8 cm³/mol. The highest BCUT2D eigenvalue weighted by molar-refractivity contribution is 5.02. The van der Waals surface area contributed by atoms with Crippen LogP contribution in [-0.2, 0) is 0 Å². The first-order valence-electron chi connectivity index (χ1n) is 6.95. The Morgan fingerprint density at radius 2 is 2.11 bits per heavy atom. The van der Waals surface area contributed by atoms with Crippen LogP contribution in [0.25, 0.3) is 0 Å². The molecule has 1 aliphatic heterocycles. The van der Waals surface area contributed by atoms with Crippen LogP contribution >= 0.6 is 0 Å². The molecule has 1 aromatic heterocycles. The average molecular weight is 267 g/mol. The van der Waals surface area contributed by atoms with Crippen LogP contribution in [0.5, 0.6) is 0 Å². The van der Waals surface area contributed by atoms with Crippen LogP contribution in [0.15, 0.2) is 4.52 Å². The molecule has 2 rings (SSSR count). The number of nitrogens with zero attached hydrogens (tertiary/aromatic N) is 4. The summed E-state index contributed by atoms with van der Waals surface area (Å²) < 4.78 is 5.43. The van der Waals surface area contributed by atoms with Crippen molar-refractivity contribution in [1.82, 2.24) is 19.9 Å². The number of hydrogen-bond donors (Lipinski definition) is 1. The fourth-order valence-corrected chi connectivity index (χ4v) is 2.48. The number of hydrogen-bond acceptors (Lipinski definition) is 6. The number of rotatable bonds is 4. The summed E-state index contributed by atoms with van der Waals surface area (Å²) in [6, 6.07) is 0.210. The Bertz CT molecular complexity index is 405. The Balaban J connectivity index is 2.15. The molecule has 2 N–H and O–H groups in total. The Morgan fingerprint density at radius 3 is 2.74 bits per heavy atom. The number of likely N-dealkylation sites (N-methyl/N-ethyl adjacent to an activating group) is 2. The van der Waals surface area contributed by atoms with Gasteiger partial charge in [0.1, 0.15) is 0 Å². The highest BCUT2D eigenvalue weighted by atomic mass is 16.5. The number of aromatic nitrogens is 2. The van der Waals surface area contributed by atoms with Gasteiger partial charge in [-0.3, -0.25) is 4.90 Å². The number of piperazine rings is 1. The first kappa shape index (κ1) is 14.4. The lowest BCUT2D eigenvalue weighted by Crippen LogP contribution is -2.45. The van der Waals surface area contributed by atoms with Crippen LogP contribution in [0.4, 0.5) is 0 Å². The molecule has 2 atom stereocenters. The molecule has 1 aliphatic rings. The lowest BCUT2D eigenvalue weighted by atomic mass is 9.96. The van der Waals surface area contributed by atoms with Gasteiger partial charge in [-0.05, 0) is 20.0 Å². The summed E-state index contributed by atoms with van der Waals surface area (Å²) >= 11 is 0. The first-order valence-corrected chi connectivity index (χ1v) is 6.95. The monoisotopic (exact) mass is 267 g/mol. The van der Waals surface area contributed by atoms with E-state index < -0.39 is 0 Å². The van der Waals surface area contributed by atoms with Gasteiger partial charge in [-0.1, -0.05) is 19.0 Å². The third-order valence-corrected chi connectivity index (χ3v) is 3.98. The van der Waals surface area contributed by atoms with E-state index in [-0.39, 0.29) is 12.0 Å². The minimum atomic E-state index is 0.146. The third-order valence-electron chi connectivity index (χ3n) is 3.98. The van der Waals surface area contributed by atoms with E-state index in [1.165, 1.54) is 0 Å². The predicted octanol–water partition coefficient (Wildman–Crippen LogP) is 0.686. The minimum absolute atomic E-state index is 0.146. The molecule has 0 radical (unpaired) electrons. The molecule has 0 bridgehead atoms. The van der Waals surface area contributed by atoms with Crippen LogP contribution in [0.2, 0.25) is 0 Å². The summed E-state index contributed by atoms with van der Waals surface area (Å²) in [4.78, 5) is 9.16. The molecule has 108 valence electrons.